The fraction of sp³-hybridized carbons (Fsp3) is 0.667. The maximum absolute atomic E-state index is 11.8. The molecule has 0 aromatic heterocycles. The smallest absolute Gasteiger partial charge is 0.448 e. The summed E-state index contributed by atoms with van der Waals surface area (Å²) in [4.78, 5) is 44.5. The molecule has 0 radical (unpaired) electrons. The van der Waals surface area contributed by atoms with E-state index >= 15 is 0 Å². The summed E-state index contributed by atoms with van der Waals surface area (Å²) in [5.74, 6) is -11.8. The average Bonchev–Trinajstić information content (AvgIpc) is 3.06. The van der Waals surface area contributed by atoms with Gasteiger partial charge in [-0.1, -0.05) is 55.4 Å². The Morgan fingerprint density at radius 2 is 0.456 bits per heavy atom. The van der Waals surface area contributed by atoms with Crippen molar-refractivity contribution in [1.29, 1.82) is 0 Å². The second-order valence-electron chi connectivity index (χ2n) is 11.8. The first-order valence-corrected chi connectivity index (χ1v) is 17.4. The normalized spacial score (nSPS) is 13.2. The molecule has 21 heteroatoms. The van der Waals surface area contributed by atoms with Crippen LogP contribution < -0.4 is 0 Å². The zero-order valence-corrected chi connectivity index (χ0v) is 36.3. The van der Waals surface area contributed by atoms with Gasteiger partial charge in [-0.05, 0) is 51.4 Å². The van der Waals surface area contributed by atoms with Gasteiger partial charge in [-0.3, -0.25) is 19.2 Å². The Kier molecular flexibility index (Phi) is 33.2. The number of hydrogen-bond donors (Lipinski definition) is 4. The Balaban J connectivity index is -0.000000210. The molecule has 0 aliphatic rings. The van der Waals surface area contributed by atoms with Gasteiger partial charge in [0.05, 0.1) is 0 Å². The Hall–Kier alpha value is -3.13. The number of carbonyl (C=O) groups is 4. The molecule has 0 saturated carbocycles. The fourth-order valence-corrected chi connectivity index (χ4v) is 4.10. The molecule has 4 N–H and O–H groups in total. The van der Waals surface area contributed by atoms with Gasteiger partial charge in [0.25, 0.3) is 0 Å². The van der Waals surface area contributed by atoms with Gasteiger partial charge in [0.15, 0.2) is 23.1 Å². The van der Waals surface area contributed by atoms with E-state index in [0.29, 0.717) is 51.4 Å². The van der Waals surface area contributed by atoms with Crippen LogP contribution >= 0.6 is 0 Å². The van der Waals surface area contributed by atoms with Crippen LogP contribution in [0.15, 0.2) is 47.3 Å². The monoisotopic (exact) mass is 1020 g/mol. The molecular weight excluding hydrogens is 967 g/mol. The number of hydrogen-bond acceptors (Lipinski definition) is 8. The summed E-state index contributed by atoms with van der Waals surface area (Å²) in [5, 5.41) is 34.0. The molecule has 8 nitrogen and oxygen atoms in total. The predicted octanol–water partition coefficient (Wildman–Crippen LogP) is 12.0. The molecule has 0 amide bonds. The van der Waals surface area contributed by atoms with E-state index < -0.39 is 94.5 Å². The molecule has 0 unspecified atom stereocenters. The second kappa shape index (κ2) is 30.0. The molecule has 0 aliphatic heterocycles. The Morgan fingerprint density at radius 1 is 0.351 bits per heavy atom. The molecule has 0 fully saturated rings. The van der Waals surface area contributed by atoms with Gasteiger partial charge in [-0.2, -0.15) is 52.7 Å². The summed E-state index contributed by atoms with van der Waals surface area (Å²) in [6.45, 7) is 13.7. The van der Waals surface area contributed by atoms with Gasteiger partial charge >= 0.3 is 24.7 Å². The summed E-state index contributed by atoms with van der Waals surface area (Å²) >= 11 is 0. The molecule has 0 saturated heterocycles. The molecule has 0 aromatic rings. The standard InChI is InChI=1S/4C9H13F3O2.Hf/c4*1-3-6(4-2)7(13)5-8(14)9(10,11)12;/h4*5-6,14H,3-4H2,1-2H3;. The molecular formula is C36H52F12HfO8. The van der Waals surface area contributed by atoms with Gasteiger partial charge in [-0.15, -0.1) is 0 Å². The van der Waals surface area contributed by atoms with Crippen LogP contribution in [0.4, 0.5) is 52.7 Å². The average molecular weight is 1020 g/mol. The topological polar surface area (TPSA) is 149 Å². The van der Waals surface area contributed by atoms with Gasteiger partial charge in [-0.25, -0.2) is 0 Å². The summed E-state index contributed by atoms with van der Waals surface area (Å²) in [6.07, 6.45) is -14.5. The molecule has 0 aromatic carbocycles. The Morgan fingerprint density at radius 3 is 0.526 bits per heavy atom. The van der Waals surface area contributed by atoms with Crippen molar-refractivity contribution >= 4 is 23.1 Å². The van der Waals surface area contributed by atoms with Crippen molar-refractivity contribution in [1.82, 2.24) is 0 Å². The number of carbonyl (C=O) groups excluding carboxylic acids is 4. The van der Waals surface area contributed by atoms with Gasteiger partial charge in [0.1, 0.15) is 0 Å². The summed E-state index contributed by atoms with van der Waals surface area (Å²) in [6, 6.07) is 0. The van der Waals surface area contributed by atoms with E-state index in [0.717, 1.165) is 0 Å². The van der Waals surface area contributed by atoms with E-state index in [1.165, 1.54) is 0 Å². The van der Waals surface area contributed by atoms with Crippen LogP contribution in [0.25, 0.3) is 0 Å². The zero-order valence-electron chi connectivity index (χ0n) is 32.7. The van der Waals surface area contributed by atoms with Crippen LogP contribution in [0.3, 0.4) is 0 Å². The van der Waals surface area contributed by atoms with Crippen LogP contribution in [-0.4, -0.2) is 68.3 Å². The van der Waals surface area contributed by atoms with Crippen molar-refractivity contribution in [3.63, 3.8) is 0 Å². The van der Waals surface area contributed by atoms with Crippen molar-refractivity contribution in [2.75, 3.05) is 0 Å². The summed E-state index contributed by atoms with van der Waals surface area (Å²) in [7, 11) is 0. The molecule has 0 spiro atoms. The third-order valence-corrected chi connectivity index (χ3v) is 7.83. The third kappa shape index (κ3) is 28.8. The zero-order chi connectivity index (χ0) is 45.4. The minimum absolute atomic E-state index is 0. The quantitative estimate of drug-likeness (QED) is 0.0517. The number of ketones is 4. The minimum Gasteiger partial charge on any atom is -0.504 e. The summed E-state index contributed by atoms with van der Waals surface area (Å²) in [5.41, 5.74) is 0. The number of allylic oxidation sites excluding steroid dienone is 8. The van der Waals surface area contributed by atoms with E-state index in [2.05, 4.69) is 0 Å². The minimum atomic E-state index is -4.83. The third-order valence-electron chi connectivity index (χ3n) is 7.83. The number of halogens is 12. The van der Waals surface area contributed by atoms with E-state index in [1.807, 2.05) is 0 Å². The largest absolute Gasteiger partial charge is 0.504 e. The van der Waals surface area contributed by atoms with Crippen LogP contribution in [0, 0.1) is 23.7 Å². The molecule has 0 aliphatic carbocycles. The number of alkyl halides is 12. The van der Waals surface area contributed by atoms with Crippen molar-refractivity contribution in [3.8, 4) is 0 Å². The maximum atomic E-state index is 11.8. The fourth-order valence-electron chi connectivity index (χ4n) is 4.10. The van der Waals surface area contributed by atoms with Crippen molar-refractivity contribution in [3.05, 3.63) is 47.3 Å². The summed E-state index contributed by atoms with van der Waals surface area (Å²) < 4.78 is 142. The van der Waals surface area contributed by atoms with Crippen LogP contribution in [0.2, 0.25) is 0 Å². The first-order valence-electron chi connectivity index (χ1n) is 17.4. The van der Waals surface area contributed by atoms with Crippen LogP contribution in [-0.2, 0) is 45.0 Å². The molecule has 332 valence electrons. The number of aliphatic hydroxyl groups excluding tert-OH is 4. The molecule has 0 atom stereocenters. The molecule has 0 bridgehead atoms. The van der Waals surface area contributed by atoms with Gasteiger partial charge in [0, 0.05) is 73.8 Å². The van der Waals surface area contributed by atoms with Gasteiger partial charge in [0.2, 0.25) is 23.0 Å². The molecule has 57 heavy (non-hydrogen) atoms. The number of rotatable bonds is 16. The van der Waals surface area contributed by atoms with Crippen molar-refractivity contribution in [2.24, 2.45) is 23.7 Å². The van der Waals surface area contributed by atoms with E-state index in [-0.39, 0.29) is 50.1 Å². The first-order chi connectivity index (χ1) is 25.3. The maximum Gasteiger partial charge on any atom is 0.448 e. The van der Waals surface area contributed by atoms with Crippen LogP contribution in [0.5, 0.6) is 0 Å². The van der Waals surface area contributed by atoms with E-state index in [9.17, 15) is 71.9 Å². The number of aliphatic hydroxyl groups is 4. The first kappa shape index (κ1) is 63.0. The second-order valence-corrected chi connectivity index (χ2v) is 11.8. The molecule has 0 heterocycles. The predicted molar refractivity (Wildman–Crippen MR) is 183 cm³/mol. The van der Waals surface area contributed by atoms with E-state index in [1.54, 1.807) is 55.4 Å². The SMILES string of the molecule is CCC(CC)C(=O)C=C(O)C(F)(F)F.CCC(CC)C(=O)C=C(O)C(F)(F)F.CCC(CC)C(=O)C=C(O)C(F)(F)F.CCC(CC)C(=O)C=C(O)C(F)(F)F.[Hf]. The van der Waals surface area contributed by atoms with Crippen molar-refractivity contribution < 1.29 is 118 Å². The Labute approximate surface area is 342 Å². The Bertz CT molecular complexity index is 1110. The van der Waals surface area contributed by atoms with Crippen molar-refractivity contribution in [2.45, 2.75) is 131 Å². The molecule has 0 rings (SSSR count). The van der Waals surface area contributed by atoms with Gasteiger partial charge < -0.3 is 20.4 Å². The van der Waals surface area contributed by atoms with E-state index in [4.69, 9.17) is 20.4 Å². The van der Waals surface area contributed by atoms with Crippen LogP contribution in [0.1, 0.15) is 107 Å².